The fourth-order valence-corrected chi connectivity index (χ4v) is 3.90. The number of aromatic nitrogens is 2. The molecule has 1 aliphatic heterocycles. The number of amides is 1. The van der Waals surface area contributed by atoms with Crippen LogP contribution in [0, 0.1) is 5.82 Å². The number of hydrogen-bond donors (Lipinski definition) is 1. The molecule has 30 heavy (non-hydrogen) atoms. The Morgan fingerprint density at radius 1 is 1.17 bits per heavy atom. The second kappa shape index (κ2) is 7.75. The molecule has 0 bridgehead atoms. The SMILES string of the molecule is O=C(c1cccc(C(F)(F)F)c1Cl)N1CCc2c(Cc3ccc(F)cc3)n[nH]c2C1. The number of nitrogens with zero attached hydrogens (tertiary/aromatic N) is 2. The number of carbonyl (C=O) groups excluding carboxylic acids is 1. The average Bonchev–Trinajstić information content (AvgIpc) is 3.10. The lowest BCUT2D eigenvalue weighted by Gasteiger charge is -2.27. The first-order chi connectivity index (χ1) is 14.2. The maximum Gasteiger partial charge on any atom is 0.417 e. The third-order valence-corrected chi connectivity index (χ3v) is 5.53. The van der Waals surface area contributed by atoms with Crippen LogP contribution in [0.4, 0.5) is 17.6 Å². The highest BCUT2D eigenvalue weighted by atomic mass is 35.5. The highest BCUT2D eigenvalue weighted by Gasteiger charge is 2.35. The maximum atomic E-state index is 13.1. The summed E-state index contributed by atoms with van der Waals surface area (Å²) < 4.78 is 52.4. The molecule has 1 aromatic heterocycles. The van der Waals surface area contributed by atoms with Gasteiger partial charge in [-0.3, -0.25) is 9.89 Å². The number of rotatable bonds is 3. The molecule has 156 valence electrons. The second-order valence-electron chi connectivity index (χ2n) is 7.07. The third kappa shape index (κ3) is 3.92. The molecule has 0 atom stereocenters. The van der Waals surface area contributed by atoms with Gasteiger partial charge in [0.1, 0.15) is 5.82 Å². The van der Waals surface area contributed by atoms with Gasteiger partial charge < -0.3 is 4.90 Å². The molecule has 0 unspecified atom stereocenters. The van der Waals surface area contributed by atoms with Gasteiger partial charge in [-0.1, -0.05) is 29.8 Å². The Morgan fingerprint density at radius 2 is 1.90 bits per heavy atom. The Labute approximate surface area is 174 Å². The number of nitrogens with one attached hydrogen (secondary N) is 1. The summed E-state index contributed by atoms with van der Waals surface area (Å²) in [6.07, 6.45) is -3.62. The standard InChI is InChI=1S/C21H16ClF4N3O/c22-19-15(2-1-3-16(19)21(24,25)26)20(30)29-9-8-14-17(27-28-18(14)11-29)10-12-4-6-13(23)7-5-12/h1-7H,8-11H2,(H,27,28). The summed E-state index contributed by atoms with van der Waals surface area (Å²) in [6, 6.07) is 9.46. The van der Waals surface area contributed by atoms with Gasteiger partial charge >= 0.3 is 6.18 Å². The molecule has 3 aromatic rings. The second-order valence-corrected chi connectivity index (χ2v) is 7.45. The lowest BCUT2D eigenvalue weighted by molar-refractivity contribution is -0.137. The Bertz CT molecular complexity index is 1090. The van der Waals surface area contributed by atoms with Gasteiger partial charge in [-0.25, -0.2) is 4.39 Å². The predicted octanol–water partition coefficient (Wildman–Crippen LogP) is 5.01. The number of halogens is 5. The molecular formula is C21H16ClF4N3O. The van der Waals surface area contributed by atoms with Gasteiger partial charge in [-0.15, -0.1) is 0 Å². The first-order valence-electron chi connectivity index (χ1n) is 9.18. The minimum atomic E-state index is -4.64. The molecule has 0 saturated carbocycles. The summed E-state index contributed by atoms with van der Waals surface area (Å²) in [4.78, 5) is 14.3. The van der Waals surface area contributed by atoms with Gasteiger partial charge in [0.2, 0.25) is 0 Å². The van der Waals surface area contributed by atoms with E-state index in [-0.39, 0.29) is 17.9 Å². The monoisotopic (exact) mass is 437 g/mol. The fourth-order valence-electron chi connectivity index (χ4n) is 3.59. The van der Waals surface area contributed by atoms with E-state index in [0.717, 1.165) is 28.6 Å². The minimum Gasteiger partial charge on any atom is -0.332 e. The first-order valence-corrected chi connectivity index (χ1v) is 9.56. The van der Waals surface area contributed by atoms with Crippen LogP contribution < -0.4 is 0 Å². The highest BCUT2D eigenvalue weighted by molar-refractivity contribution is 6.34. The van der Waals surface area contributed by atoms with Crippen molar-refractivity contribution in [3.05, 3.63) is 86.9 Å². The molecular weight excluding hydrogens is 422 g/mol. The number of aromatic amines is 1. The maximum absolute atomic E-state index is 13.1. The number of fused-ring (bicyclic) bond motifs is 1. The zero-order valence-electron chi connectivity index (χ0n) is 15.6. The molecule has 9 heteroatoms. The normalized spacial score (nSPS) is 14.0. The van der Waals surface area contributed by atoms with Gasteiger partial charge in [-0.2, -0.15) is 18.3 Å². The minimum absolute atomic E-state index is 0.180. The molecule has 1 amide bonds. The van der Waals surface area contributed by atoms with Crippen molar-refractivity contribution < 1.29 is 22.4 Å². The summed E-state index contributed by atoms with van der Waals surface area (Å²) in [5, 5.41) is 6.63. The number of alkyl halides is 3. The van der Waals surface area contributed by atoms with Crippen molar-refractivity contribution in [1.29, 1.82) is 0 Å². The van der Waals surface area contributed by atoms with E-state index in [4.69, 9.17) is 11.6 Å². The summed E-state index contributed by atoms with van der Waals surface area (Å²) in [5.41, 5.74) is 2.20. The average molecular weight is 438 g/mol. The van der Waals surface area contributed by atoms with E-state index in [1.54, 1.807) is 12.1 Å². The molecule has 0 fully saturated rings. The van der Waals surface area contributed by atoms with Crippen molar-refractivity contribution in [2.75, 3.05) is 6.54 Å². The van der Waals surface area contributed by atoms with Gasteiger partial charge in [0.15, 0.2) is 0 Å². The lowest BCUT2D eigenvalue weighted by Crippen LogP contribution is -2.36. The smallest absolute Gasteiger partial charge is 0.332 e. The quantitative estimate of drug-likeness (QED) is 0.585. The largest absolute Gasteiger partial charge is 0.417 e. The van der Waals surface area contributed by atoms with Crippen molar-refractivity contribution >= 4 is 17.5 Å². The number of benzene rings is 2. The molecule has 1 N–H and O–H groups in total. The van der Waals surface area contributed by atoms with Crippen molar-refractivity contribution in [1.82, 2.24) is 15.1 Å². The lowest BCUT2D eigenvalue weighted by atomic mass is 9.99. The van der Waals surface area contributed by atoms with E-state index in [2.05, 4.69) is 10.2 Å². The van der Waals surface area contributed by atoms with E-state index in [9.17, 15) is 22.4 Å². The Balaban J connectivity index is 1.53. The van der Waals surface area contributed by atoms with E-state index < -0.39 is 22.7 Å². The van der Waals surface area contributed by atoms with E-state index >= 15 is 0 Å². The van der Waals surface area contributed by atoms with Gasteiger partial charge in [0, 0.05) is 18.5 Å². The molecule has 1 aliphatic rings. The Kier molecular flexibility index (Phi) is 5.27. The summed E-state index contributed by atoms with van der Waals surface area (Å²) >= 11 is 5.90. The predicted molar refractivity (Wildman–Crippen MR) is 103 cm³/mol. The molecule has 4 nitrogen and oxygen atoms in total. The van der Waals surface area contributed by atoms with Crippen LogP contribution in [0.1, 0.15) is 38.4 Å². The van der Waals surface area contributed by atoms with Crippen LogP contribution in [0.25, 0.3) is 0 Å². The van der Waals surface area contributed by atoms with Gasteiger partial charge in [0.05, 0.1) is 34.1 Å². The molecule has 0 spiro atoms. The molecule has 4 rings (SSSR count). The van der Waals surface area contributed by atoms with Crippen molar-refractivity contribution in [2.24, 2.45) is 0 Å². The van der Waals surface area contributed by atoms with Crippen LogP contribution in [-0.2, 0) is 25.6 Å². The molecule has 2 aromatic carbocycles. The van der Waals surface area contributed by atoms with Gasteiger partial charge in [0.25, 0.3) is 5.91 Å². The summed E-state index contributed by atoms with van der Waals surface area (Å²) in [6.45, 7) is 0.519. The van der Waals surface area contributed by atoms with E-state index in [1.165, 1.54) is 29.2 Å². The van der Waals surface area contributed by atoms with Crippen LogP contribution in [0.15, 0.2) is 42.5 Å². The first kappa shape index (κ1) is 20.4. The molecule has 0 radical (unpaired) electrons. The Morgan fingerprint density at radius 3 is 2.60 bits per heavy atom. The van der Waals surface area contributed by atoms with Crippen molar-refractivity contribution in [2.45, 2.75) is 25.6 Å². The van der Waals surface area contributed by atoms with Crippen LogP contribution in [0.5, 0.6) is 0 Å². The van der Waals surface area contributed by atoms with Crippen LogP contribution >= 0.6 is 11.6 Å². The van der Waals surface area contributed by atoms with E-state index in [1.807, 2.05) is 0 Å². The zero-order valence-corrected chi connectivity index (χ0v) is 16.3. The van der Waals surface area contributed by atoms with Crippen LogP contribution in [0.2, 0.25) is 5.02 Å². The Hall–Kier alpha value is -2.87. The topological polar surface area (TPSA) is 49.0 Å². The molecule has 2 heterocycles. The molecule has 0 aliphatic carbocycles. The van der Waals surface area contributed by atoms with Crippen molar-refractivity contribution in [3.63, 3.8) is 0 Å². The van der Waals surface area contributed by atoms with Crippen LogP contribution in [0.3, 0.4) is 0 Å². The summed E-state index contributed by atoms with van der Waals surface area (Å²) in [5.74, 6) is -0.878. The summed E-state index contributed by atoms with van der Waals surface area (Å²) in [7, 11) is 0. The van der Waals surface area contributed by atoms with Gasteiger partial charge in [-0.05, 0) is 36.2 Å². The van der Waals surface area contributed by atoms with Crippen LogP contribution in [-0.4, -0.2) is 27.5 Å². The number of H-pyrrole nitrogens is 1. The fraction of sp³-hybridized carbons (Fsp3) is 0.238. The zero-order chi connectivity index (χ0) is 21.5. The highest BCUT2D eigenvalue weighted by Crippen LogP contribution is 2.37. The number of carbonyl (C=O) groups is 1. The van der Waals surface area contributed by atoms with E-state index in [0.29, 0.717) is 19.4 Å². The number of hydrogen-bond acceptors (Lipinski definition) is 2. The van der Waals surface area contributed by atoms with Crippen molar-refractivity contribution in [3.8, 4) is 0 Å². The third-order valence-electron chi connectivity index (χ3n) is 5.13. The molecule has 0 saturated heterocycles.